The van der Waals surface area contributed by atoms with E-state index in [2.05, 4.69) is 11.4 Å². The molecule has 3 aromatic rings. The number of rotatable bonds is 4. The SMILES string of the molecule is Cc1ccc(C2(c3ccc(C)cc3)NC(=O)N(C(C)C(=O)N3CCc4ccccc4C3)C2=O)cc1. The fourth-order valence-corrected chi connectivity index (χ4v) is 5.12. The molecule has 0 aromatic heterocycles. The van der Waals surface area contributed by atoms with Crippen LogP contribution in [0.15, 0.2) is 72.8 Å². The van der Waals surface area contributed by atoms with Crippen LogP contribution in [0.1, 0.15) is 40.3 Å². The molecule has 35 heavy (non-hydrogen) atoms. The number of amides is 4. The Balaban J connectivity index is 1.49. The highest BCUT2D eigenvalue weighted by Crippen LogP contribution is 2.37. The first kappa shape index (κ1) is 22.8. The summed E-state index contributed by atoms with van der Waals surface area (Å²) in [6, 6.07) is 21.7. The van der Waals surface area contributed by atoms with E-state index in [4.69, 9.17) is 0 Å². The monoisotopic (exact) mass is 467 g/mol. The molecular weight excluding hydrogens is 438 g/mol. The zero-order chi connectivity index (χ0) is 24.7. The number of hydrogen-bond acceptors (Lipinski definition) is 3. The van der Waals surface area contributed by atoms with Crippen molar-refractivity contribution in [1.29, 1.82) is 0 Å². The minimum atomic E-state index is -1.39. The third-order valence-corrected chi connectivity index (χ3v) is 7.21. The van der Waals surface area contributed by atoms with Gasteiger partial charge >= 0.3 is 6.03 Å². The molecule has 6 nitrogen and oxygen atoms in total. The zero-order valence-electron chi connectivity index (χ0n) is 20.2. The van der Waals surface area contributed by atoms with E-state index in [1.807, 2.05) is 80.6 Å². The molecule has 0 saturated carbocycles. The van der Waals surface area contributed by atoms with Gasteiger partial charge in [-0.3, -0.25) is 9.59 Å². The predicted molar refractivity (Wildman–Crippen MR) is 134 cm³/mol. The fourth-order valence-electron chi connectivity index (χ4n) is 5.12. The predicted octanol–water partition coefficient (Wildman–Crippen LogP) is 4.07. The zero-order valence-corrected chi connectivity index (χ0v) is 20.2. The Morgan fingerprint density at radius 1 is 0.857 bits per heavy atom. The Bertz CT molecular complexity index is 1250. The quantitative estimate of drug-likeness (QED) is 0.588. The van der Waals surface area contributed by atoms with Crippen LogP contribution in [0.25, 0.3) is 0 Å². The summed E-state index contributed by atoms with van der Waals surface area (Å²) in [5, 5.41) is 2.96. The molecule has 1 fully saturated rings. The summed E-state index contributed by atoms with van der Waals surface area (Å²) in [7, 11) is 0. The number of benzene rings is 3. The lowest BCUT2D eigenvalue weighted by atomic mass is 9.82. The summed E-state index contributed by atoms with van der Waals surface area (Å²) in [6.07, 6.45) is 0.755. The molecule has 0 aliphatic carbocycles. The van der Waals surface area contributed by atoms with E-state index >= 15 is 0 Å². The van der Waals surface area contributed by atoms with Crippen molar-refractivity contribution in [2.24, 2.45) is 0 Å². The van der Waals surface area contributed by atoms with Crippen molar-refractivity contribution in [1.82, 2.24) is 15.1 Å². The lowest BCUT2D eigenvalue weighted by molar-refractivity contribution is -0.143. The summed E-state index contributed by atoms with van der Waals surface area (Å²) in [5.41, 5.74) is 4.38. The maximum Gasteiger partial charge on any atom is 0.326 e. The highest BCUT2D eigenvalue weighted by atomic mass is 16.2. The Labute approximate surface area is 205 Å². The molecule has 1 unspecified atom stereocenters. The van der Waals surface area contributed by atoms with Crippen molar-refractivity contribution in [3.63, 3.8) is 0 Å². The highest BCUT2D eigenvalue weighted by molar-refractivity contribution is 6.12. The molecule has 1 N–H and O–H groups in total. The van der Waals surface area contributed by atoms with Gasteiger partial charge in [-0.1, -0.05) is 83.9 Å². The molecule has 4 amide bonds. The van der Waals surface area contributed by atoms with E-state index in [1.54, 1.807) is 11.8 Å². The van der Waals surface area contributed by atoms with Gasteiger partial charge in [0, 0.05) is 13.1 Å². The molecule has 2 heterocycles. The highest BCUT2D eigenvalue weighted by Gasteiger charge is 2.56. The maximum atomic E-state index is 14.1. The van der Waals surface area contributed by atoms with Gasteiger partial charge in [-0.2, -0.15) is 0 Å². The summed E-state index contributed by atoms with van der Waals surface area (Å²) >= 11 is 0. The standard InChI is InChI=1S/C29H29N3O3/c1-19-8-12-24(13-9-19)29(25-14-10-20(2)11-15-25)27(34)32(28(35)30-29)21(3)26(33)31-17-16-22-6-4-5-7-23(22)18-31/h4-15,21H,16-18H2,1-3H3,(H,30,35). The van der Waals surface area contributed by atoms with Gasteiger partial charge in [0.2, 0.25) is 5.91 Å². The molecule has 3 aromatic carbocycles. The number of aryl methyl sites for hydroxylation is 2. The maximum absolute atomic E-state index is 14.1. The Morgan fingerprint density at radius 2 is 1.40 bits per heavy atom. The normalized spacial score (nSPS) is 17.7. The van der Waals surface area contributed by atoms with E-state index in [-0.39, 0.29) is 5.91 Å². The summed E-state index contributed by atoms with van der Waals surface area (Å²) in [5.74, 6) is -0.667. The van der Waals surface area contributed by atoms with Gasteiger partial charge < -0.3 is 10.2 Å². The summed E-state index contributed by atoms with van der Waals surface area (Å²) in [4.78, 5) is 43.8. The van der Waals surface area contributed by atoms with Gasteiger partial charge in [0.25, 0.3) is 5.91 Å². The van der Waals surface area contributed by atoms with Crippen LogP contribution in [0.3, 0.4) is 0 Å². The van der Waals surface area contributed by atoms with Gasteiger partial charge in [0.05, 0.1) is 0 Å². The number of fused-ring (bicyclic) bond motifs is 1. The van der Waals surface area contributed by atoms with Gasteiger partial charge in [-0.05, 0) is 49.4 Å². The van der Waals surface area contributed by atoms with Gasteiger partial charge in [0.1, 0.15) is 6.04 Å². The van der Waals surface area contributed by atoms with Crippen LogP contribution in [-0.2, 0) is 28.1 Å². The molecule has 2 aliphatic heterocycles. The third-order valence-electron chi connectivity index (χ3n) is 7.21. The topological polar surface area (TPSA) is 69.7 Å². The van der Waals surface area contributed by atoms with E-state index in [0.29, 0.717) is 24.2 Å². The molecular formula is C29H29N3O3. The molecule has 0 spiro atoms. The number of carbonyl (C=O) groups is 3. The molecule has 6 heteroatoms. The number of nitrogens with zero attached hydrogens (tertiary/aromatic N) is 2. The minimum absolute atomic E-state index is 0.230. The van der Waals surface area contributed by atoms with E-state index in [0.717, 1.165) is 28.0 Å². The minimum Gasteiger partial charge on any atom is -0.336 e. The largest absolute Gasteiger partial charge is 0.336 e. The van der Waals surface area contributed by atoms with Crippen molar-refractivity contribution in [2.45, 2.75) is 45.3 Å². The van der Waals surface area contributed by atoms with Crippen LogP contribution in [-0.4, -0.2) is 40.2 Å². The van der Waals surface area contributed by atoms with E-state index in [1.165, 1.54) is 5.56 Å². The van der Waals surface area contributed by atoms with Crippen molar-refractivity contribution in [2.75, 3.05) is 6.54 Å². The van der Waals surface area contributed by atoms with Crippen LogP contribution in [0.5, 0.6) is 0 Å². The molecule has 1 saturated heterocycles. The summed E-state index contributed by atoms with van der Waals surface area (Å²) < 4.78 is 0. The van der Waals surface area contributed by atoms with Crippen LogP contribution < -0.4 is 5.32 Å². The number of carbonyl (C=O) groups excluding carboxylic acids is 3. The average molecular weight is 468 g/mol. The fraction of sp³-hybridized carbons (Fsp3) is 0.276. The van der Waals surface area contributed by atoms with Crippen LogP contribution in [0.4, 0.5) is 4.79 Å². The smallest absolute Gasteiger partial charge is 0.326 e. The van der Waals surface area contributed by atoms with Crippen molar-refractivity contribution >= 4 is 17.8 Å². The molecule has 1 atom stereocenters. The second kappa shape index (κ2) is 8.69. The first-order valence-corrected chi connectivity index (χ1v) is 12.0. The molecule has 0 radical (unpaired) electrons. The molecule has 0 bridgehead atoms. The first-order valence-electron chi connectivity index (χ1n) is 12.0. The Kier molecular flexibility index (Phi) is 5.67. The van der Waals surface area contributed by atoms with E-state index < -0.39 is 23.5 Å². The Hall–Kier alpha value is -3.93. The van der Waals surface area contributed by atoms with Crippen molar-refractivity contribution in [3.05, 3.63) is 106 Å². The molecule has 5 rings (SSSR count). The van der Waals surface area contributed by atoms with Crippen LogP contribution in [0, 0.1) is 13.8 Å². The van der Waals surface area contributed by atoms with E-state index in [9.17, 15) is 14.4 Å². The number of imide groups is 1. The average Bonchev–Trinajstić information content (AvgIpc) is 3.14. The van der Waals surface area contributed by atoms with Crippen molar-refractivity contribution < 1.29 is 14.4 Å². The van der Waals surface area contributed by atoms with Gasteiger partial charge in [0.15, 0.2) is 5.54 Å². The van der Waals surface area contributed by atoms with Gasteiger partial charge in [-0.15, -0.1) is 0 Å². The van der Waals surface area contributed by atoms with Crippen LogP contribution in [0.2, 0.25) is 0 Å². The molecule has 2 aliphatic rings. The molecule has 178 valence electrons. The number of urea groups is 1. The third kappa shape index (κ3) is 3.79. The van der Waals surface area contributed by atoms with Gasteiger partial charge in [-0.25, -0.2) is 9.69 Å². The lowest BCUT2D eigenvalue weighted by Crippen LogP contribution is -2.52. The number of nitrogens with one attached hydrogen (secondary N) is 1. The van der Waals surface area contributed by atoms with Crippen LogP contribution >= 0.6 is 0 Å². The van der Waals surface area contributed by atoms with Crippen molar-refractivity contribution in [3.8, 4) is 0 Å². The lowest BCUT2D eigenvalue weighted by Gasteiger charge is -2.33. The second-order valence-electron chi connectivity index (χ2n) is 9.54. The second-order valence-corrected chi connectivity index (χ2v) is 9.54. The summed E-state index contributed by atoms with van der Waals surface area (Å²) in [6.45, 7) is 6.62. The first-order chi connectivity index (χ1) is 16.8. The Morgan fingerprint density at radius 3 is 1.97 bits per heavy atom. The number of hydrogen-bond donors (Lipinski definition) is 1.